The molecule has 0 unspecified atom stereocenters. The number of anilines is 1. The molecule has 0 bridgehead atoms. The van der Waals surface area contributed by atoms with E-state index in [2.05, 4.69) is 5.32 Å². The summed E-state index contributed by atoms with van der Waals surface area (Å²) >= 11 is 7.57. The second-order valence-electron chi connectivity index (χ2n) is 7.17. The van der Waals surface area contributed by atoms with Gasteiger partial charge in [0.05, 0.1) is 10.6 Å². The lowest BCUT2D eigenvalue weighted by Gasteiger charge is -2.24. The summed E-state index contributed by atoms with van der Waals surface area (Å²) in [5.74, 6) is 0.479. The first-order valence-corrected chi connectivity index (χ1v) is 13.0. The standard InChI is InChI=1S/C24H25ClN2O3S2/c1-19-8-14-23(15-9-19)32(29,30)27(21-6-3-2-4-7-21)18-24(28)26-16-5-17-31-22-12-10-20(25)11-13-22/h2-4,6-15H,5,16-18H2,1H3,(H,26,28). The van der Waals surface area contributed by atoms with Gasteiger partial charge in [0.15, 0.2) is 0 Å². The van der Waals surface area contributed by atoms with Crippen molar-refractivity contribution in [2.24, 2.45) is 0 Å². The number of halogens is 1. The van der Waals surface area contributed by atoms with Crippen LogP contribution in [-0.2, 0) is 14.8 Å². The fourth-order valence-corrected chi connectivity index (χ4v) is 5.35. The van der Waals surface area contributed by atoms with Crippen LogP contribution in [-0.4, -0.2) is 33.2 Å². The molecule has 1 N–H and O–H groups in total. The molecule has 32 heavy (non-hydrogen) atoms. The molecule has 0 aliphatic heterocycles. The lowest BCUT2D eigenvalue weighted by atomic mass is 10.2. The van der Waals surface area contributed by atoms with Crippen molar-refractivity contribution in [1.82, 2.24) is 5.32 Å². The van der Waals surface area contributed by atoms with E-state index in [0.29, 0.717) is 17.3 Å². The van der Waals surface area contributed by atoms with E-state index in [1.54, 1.807) is 66.4 Å². The maximum atomic E-state index is 13.3. The number of hydrogen-bond acceptors (Lipinski definition) is 4. The van der Waals surface area contributed by atoms with Crippen LogP contribution in [0.2, 0.25) is 5.02 Å². The van der Waals surface area contributed by atoms with Crippen molar-refractivity contribution in [3.63, 3.8) is 0 Å². The number of para-hydroxylation sites is 1. The molecule has 3 aromatic rings. The lowest BCUT2D eigenvalue weighted by molar-refractivity contribution is -0.119. The number of carbonyl (C=O) groups is 1. The molecule has 1 amide bonds. The van der Waals surface area contributed by atoms with Gasteiger partial charge in [-0.3, -0.25) is 9.10 Å². The van der Waals surface area contributed by atoms with Crippen molar-refractivity contribution in [3.8, 4) is 0 Å². The zero-order chi connectivity index (χ0) is 23.0. The van der Waals surface area contributed by atoms with E-state index in [4.69, 9.17) is 11.6 Å². The van der Waals surface area contributed by atoms with E-state index in [0.717, 1.165) is 26.9 Å². The topological polar surface area (TPSA) is 66.5 Å². The largest absolute Gasteiger partial charge is 0.354 e. The van der Waals surface area contributed by atoms with Crippen LogP contribution in [0.15, 0.2) is 88.7 Å². The molecular weight excluding hydrogens is 464 g/mol. The molecule has 3 rings (SSSR count). The molecule has 0 heterocycles. The van der Waals surface area contributed by atoms with E-state index < -0.39 is 10.0 Å². The SMILES string of the molecule is Cc1ccc(S(=O)(=O)N(CC(=O)NCCCSc2ccc(Cl)cc2)c2ccccc2)cc1. The summed E-state index contributed by atoms with van der Waals surface area (Å²) in [6.45, 7) is 2.07. The Morgan fingerprint density at radius 1 is 0.969 bits per heavy atom. The number of amides is 1. The third kappa shape index (κ3) is 6.76. The summed E-state index contributed by atoms with van der Waals surface area (Å²) in [4.78, 5) is 13.9. The van der Waals surface area contributed by atoms with Crippen LogP contribution in [0.3, 0.4) is 0 Å². The molecule has 5 nitrogen and oxygen atoms in total. The highest BCUT2D eigenvalue weighted by Crippen LogP contribution is 2.24. The van der Waals surface area contributed by atoms with Gasteiger partial charge in [-0.25, -0.2) is 8.42 Å². The summed E-state index contributed by atoms with van der Waals surface area (Å²) in [6, 6.07) is 22.9. The third-order valence-corrected chi connectivity index (χ3v) is 7.80. The van der Waals surface area contributed by atoms with E-state index >= 15 is 0 Å². The van der Waals surface area contributed by atoms with Crippen LogP contribution in [0.5, 0.6) is 0 Å². The van der Waals surface area contributed by atoms with Gasteiger partial charge in [0.1, 0.15) is 6.54 Å². The summed E-state index contributed by atoms with van der Waals surface area (Å²) < 4.78 is 27.7. The second kappa shape index (κ2) is 11.4. The minimum absolute atomic E-state index is 0.152. The average Bonchev–Trinajstić information content (AvgIpc) is 2.79. The Morgan fingerprint density at radius 3 is 2.28 bits per heavy atom. The smallest absolute Gasteiger partial charge is 0.264 e. The zero-order valence-corrected chi connectivity index (χ0v) is 20.1. The van der Waals surface area contributed by atoms with Gasteiger partial charge < -0.3 is 5.32 Å². The number of benzene rings is 3. The number of nitrogens with one attached hydrogen (secondary N) is 1. The number of aryl methyl sites for hydroxylation is 1. The van der Waals surface area contributed by atoms with Gasteiger partial charge in [0.25, 0.3) is 10.0 Å². The van der Waals surface area contributed by atoms with Crippen molar-refractivity contribution in [3.05, 3.63) is 89.4 Å². The molecule has 0 aliphatic rings. The minimum Gasteiger partial charge on any atom is -0.354 e. The molecule has 0 atom stereocenters. The van der Waals surface area contributed by atoms with Crippen molar-refractivity contribution >= 4 is 45.0 Å². The second-order valence-corrected chi connectivity index (χ2v) is 10.6. The molecule has 0 aromatic heterocycles. The number of carbonyl (C=O) groups excluding carboxylic acids is 1. The maximum absolute atomic E-state index is 13.3. The van der Waals surface area contributed by atoms with E-state index in [1.807, 2.05) is 31.2 Å². The molecule has 0 radical (unpaired) electrons. The van der Waals surface area contributed by atoms with E-state index in [-0.39, 0.29) is 17.3 Å². The molecule has 0 saturated carbocycles. The molecule has 0 fully saturated rings. The summed E-state index contributed by atoms with van der Waals surface area (Å²) in [6.07, 6.45) is 0.759. The van der Waals surface area contributed by atoms with Crippen molar-refractivity contribution in [2.75, 3.05) is 23.1 Å². The Kier molecular flexibility index (Phi) is 8.61. The Labute approximate surface area is 198 Å². The molecule has 8 heteroatoms. The lowest BCUT2D eigenvalue weighted by Crippen LogP contribution is -2.41. The molecular formula is C24H25ClN2O3S2. The van der Waals surface area contributed by atoms with Crippen LogP contribution in [0.25, 0.3) is 0 Å². The number of sulfonamides is 1. The fraction of sp³-hybridized carbons (Fsp3) is 0.208. The highest BCUT2D eigenvalue weighted by atomic mass is 35.5. The zero-order valence-electron chi connectivity index (χ0n) is 17.7. The summed E-state index contributed by atoms with van der Waals surface area (Å²) in [5.41, 5.74) is 1.41. The van der Waals surface area contributed by atoms with Gasteiger partial charge in [0, 0.05) is 16.5 Å². The van der Waals surface area contributed by atoms with Crippen LogP contribution < -0.4 is 9.62 Å². The van der Waals surface area contributed by atoms with E-state index in [1.165, 1.54) is 0 Å². The summed E-state index contributed by atoms with van der Waals surface area (Å²) in [7, 11) is -3.88. The highest BCUT2D eigenvalue weighted by Gasteiger charge is 2.26. The number of hydrogen-bond donors (Lipinski definition) is 1. The van der Waals surface area contributed by atoms with Crippen LogP contribution in [0.1, 0.15) is 12.0 Å². The Balaban J connectivity index is 1.60. The normalized spacial score (nSPS) is 11.2. The monoisotopic (exact) mass is 488 g/mol. The predicted molar refractivity (Wildman–Crippen MR) is 132 cm³/mol. The molecule has 168 valence electrons. The number of rotatable bonds is 10. The maximum Gasteiger partial charge on any atom is 0.264 e. The molecule has 0 saturated heterocycles. The Hall–Kier alpha value is -2.48. The first kappa shape index (κ1) is 24.2. The van der Waals surface area contributed by atoms with Gasteiger partial charge in [-0.05, 0) is 67.6 Å². The molecule has 3 aromatic carbocycles. The van der Waals surface area contributed by atoms with Gasteiger partial charge in [-0.2, -0.15) is 0 Å². The Morgan fingerprint density at radius 2 is 1.62 bits per heavy atom. The molecule has 0 aliphatic carbocycles. The first-order valence-electron chi connectivity index (χ1n) is 10.2. The fourth-order valence-electron chi connectivity index (χ4n) is 2.95. The minimum atomic E-state index is -3.88. The first-order chi connectivity index (χ1) is 15.4. The summed E-state index contributed by atoms with van der Waals surface area (Å²) in [5, 5.41) is 3.53. The highest BCUT2D eigenvalue weighted by molar-refractivity contribution is 7.99. The van der Waals surface area contributed by atoms with Gasteiger partial charge in [-0.15, -0.1) is 11.8 Å². The van der Waals surface area contributed by atoms with Gasteiger partial charge in [-0.1, -0.05) is 47.5 Å². The quantitative estimate of drug-likeness (QED) is 0.317. The van der Waals surface area contributed by atoms with Crippen molar-refractivity contribution in [2.45, 2.75) is 23.1 Å². The van der Waals surface area contributed by atoms with Crippen molar-refractivity contribution in [1.29, 1.82) is 0 Å². The van der Waals surface area contributed by atoms with Crippen LogP contribution >= 0.6 is 23.4 Å². The van der Waals surface area contributed by atoms with Gasteiger partial charge in [0.2, 0.25) is 5.91 Å². The van der Waals surface area contributed by atoms with Gasteiger partial charge >= 0.3 is 0 Å². The van der Waals surface area contributed by atoms with Crippen molar-refractivity contribution < 1.29 is 13.2 Å². The number of thioether (sulfide) groups is 1. The Bertz CT molecular complexity index is 1120. The van der Waals surface area contributed by atoms with Crippen LogP contribution in [0.4, 0.5) is 5.69 Å². The van der Waals surface area contributed by atoms with Crippen LogP contribution in [0, 0.1) is 6.92 Å². The third-order valence-electron chi connectivity index (χ3n) is 4.67. The predicted octanol–water partition coefficient (Wildman–Crippen LogP) is 5.14. The molecule has 0 spiro atoms. The average molecular weight is 489 g/mol. The number of nitrogens with zero attached hydrogens (tertiary/aromatic N) is 1. The van der Waals surface area contributed by atoms with E-state index in [9.17, 15) is 13.2 Å².